The fourth-order valence-corrected chi connectivity index (χ4v) is 4.35. The largest absolute Gasteiger partial charge is 0.299 e. The first-order chi connectivity index (χ1) is 11.5. The molecule has 2 aromatic rings. The van der Waals surface area contributed by atoms with E-state index < -0.39 is 10.0 Å². The molecule has 0 unspecified atom stereocenters. The van der Waals surface area contributed by atoms with Crippen LogP contribution in [0.15, 0.2) is 53.4 Å². The molecule has 0 fully saturated rings. The summed E-state index contributed by atoms with van der Waals surface area (Å²) in [5.41, 5.74) is 2.80. The van der Waals surface area contributed by atoms with Gasteiger partial charge < -0.3 is 0 Å². The highest BCUT2D eigenvalue weighted by Crippen LogP contribution is 2.18. The zero-order chi connectivity index (χ0) is 17.0. The van der Waals surface area contributed by atoms with Crippen LogP contribution in [0.25, 0.3) is 0 Å². The van der Waals surface area contributed by atoms with Crippen LogP contribution in [0.3, 0.4) is 0 Å². The Morgan fingerprint density at radius 1 is 1.08 bits per heavy atom. The minimum Gasteiger partial charge on any atom is -0.299 e. The summed E-state index contributed by atoms with van der Waals surface area (Å²) in [5.74, 6) is 0. The summed E-state index contributed by atoms with van der Waals surface area (Å²) in [6.07, 6.45) is 1.84. The second-order valence-corrected chi connectivity index (χ2v) is 8.21. The molecule has 2 aromatic carbocycles. The van der Waals surface area contributed by atoms with E-state index in [9.17, 15) is 8.42 Å². The van der Waals surface area contributed by atoms with Gasteiger partial charge in [0.2, 0.25) is 10.0 Å². The van der Waals surface area contributed by atoms with Crippen molar-refractivity contribution < 1.29 is 8.42 Å². The quantitative estimate of drug-likeness (QED) is 0.801. The molecule has 6 heteroatoms. The number of nitrogens with one attached hydrogen (secondary N) is 1. The van der Waals surface area contributed by atoms with Crippen molar-refractivity contribution in [3.8, 4) is 0 Å². The number of nitrogens with zero attached hydrogens (tertiary/aromatic N) is 1. The van der Waals surface area contributed by atoms with Gasteiger partial charge in [-0.15, -0.1) is 0 Å². The van der Waals surface area contributed by atoms with E-state index in [-0.39, 0.29) is 4.90 Å². The smallest absolute Gasteiger partial charge is 0.240 e. The summed E-state index contributed by atoms with van der Waals surface area (Å²) in [4.78, 5) is 2.58. The van der Waals surface area contributed by atoms with E-state index in [2.05, 4.69) is 33.9 Å². The second kappa shape index (κ2) is 7.66. The Labute approximate surface area is 148 Å². The number of sulfonamides is 1. The van der Waals surface area contributed by atoms with Gasteiger partial charge in [0.25, 0.3) is 0 Å². The average molecular weight is 365 g/mol. The zero-order valence-electron chi connectivity index (χ0n) is 13.4. The van der Waals surface area contributed by atoms with Crippen LogP contribution in [-0.4, -0.2) is 33.0 Å². The summed E-state index contributed by atoms with van der Waals surface area (Å²) in [6.45, 7) is 3.27. The van der Waals surface area contributed by atoms with Crippen LogP contribution in [0.5, 0.6) is 0 Å². The van der Waals surface area contributed by atoms with Crippen molar-refractivity contribution in [1.29, 1.82) is 0 Å². The summed E-state index contributed by atoms with van der Waals surface area (Å²) < 4.78 is 27.1. The number of fused-ring (bicyclic) bond motifs is 1. The maximum Gasteiger partial charge on any atom is 0.240 e. The summed E-state index contributed by atoms with van der Waals surface area (Å²) >= 11 is 5.86. The van der Waals surface area contributed by atoms with Gasteiger partial charge in [0.1, 0.15) is 0 Å². The molecule has 0 atom stereocenters. The highest BCUT2D eigenvalue weighted by molar-refractivity contribution is 7.89. The third-order valence-electron chi connectivity index (χ3n) is 4.26. The summed E-state index contributed by atoms with van der Waals surface area (Å²) in [6, 6.07) is 14.8. The Morgan fingerprint density at radius 3 is 2.67 bits per heavy atom. The maximum atomic E-state index is 12.2. The summed E-state index contributed by atoms with van der Waals surface area (Å²) in [5, 5.41) is 0.421. The zero-order valence-corrected chi connectivity index (χ0v) is 15.0. The Morgan fingerprint density at radius 2 is 1.88 bits per heavy atom. The van der Waals surface area contributed by atoms with Gasteiger partial charge in [-0.1, -0.05) is 41.9 Å². The number of benzene rings is 2. The molecule has 1 aliphatic rings. The summed E-state index contributed by atoms with van der Waals surface area (Å²) in [7, 11) is -3.49. The molecule has 0 aromatic heterocycles. The van der Waals surface area contributed by atoms with Gasteiger partial charge in [-0.2, -0.15) is 0 Å². The van der Waals surface area contributed by atoms with E-state index in [4.69, 9.17) is 11.6 Å². The van der Waals surface area contributed by atoms with Crippen molar-refractivity contribution in [3.63, 3.8) is 0 Å². The van der Waals surface area contributed by atoms with Crippen LogP contribution in [-0.2, 0) is 23.0 Å². The monoisotopic (exact) mass is 364 g/mol. The van der Waals surface area contributed by atoms with Crippen molar-refractivity contribution >= 4 is 21.6 Å². The molecule has 0 radical (unpaired) electrons. The maximum absolute atomic E-state index is 12.2. The van der Waals surface area contributed by atoms with Gasteiger partial charge in [-0.05, 0) is 48.7 Å². The lowest BCUT2D eigenvalue weighted by atomic mass is 10.00. The first kappa shape index (κ1) is 17.4. The first-order valence-electron chi connectivity index (χ1n) is 8.09. The Hall–Kier alpha value is -1.40. The SMILES string of the molecule is O=S(=O)(NCCCN1CCc2ccccc2C1)c1cccc(Cl)c1. The fourth-order valence-electron chi connectivity index (χ4n) is 2.97. The van der Waals surface area contributed by atoms with Crippen molar-refractivity contribution in [2.45, 2.75) is 24.3 Å². The van der Waals surface area contributed by atoms with Gasteiger partial charge in [0.15, 0.2) is 0 Å². The number of hydrogen-bond donors (Lipinski definition) is 1. The van der Waals surface area contributed by atoms with Crippen LogP contribution in [0.4, 0.5) is 0 Å². The molecule has 4 nitrogen and oxygen atoms in total. The molecular formula is C18H21ClN2O2S. The normalized spacial score (nSPS) is 15.2. The minimum absolute atomic E-state index is 0.210. The lowest BCUT2D eigenvalue weighted by Crippen LogP contribution is -2.33. The van der Waals surface area contributed by atoms with E-state index >= 15 is 0 Å². The van der Waals surface area contributed by atoms with Crippen molar-refractivity contribution in [1.82, 2.24) is 9.62 Å². The van der Waals surface area contributed by atoms with Crippen LogP contribution in [0, 0.1) is 0 Å². The third-order valence-corrected chi connectivity index (χ3v) is 5.95. The Bertz CT molecular complexity index is 808. The Balaban J connectivity index is 1.48. The molecule has 3 rings (SSSR count). The van der Waals surface area contributed by atoms with Crippen LogP contribution < -0.4 is 4.72 Å². The molecule has 24 heavy (non-hydrogen) atoms. The predicted molar refractivity (Wildman–Crippen MR) is 96.7 cm³/mol. The van der Waals surface area contributed by atoms with Gasteiger partial charge >= 0.3 is 0 Å². The van der Waals surface area contributed by atoms with Gasteiger partial charge in [-0.25, -0.2) is 13.1 Å². The molecule has 0 aliphatic carbocycles. The third kappa shape index (κ3) is 4.36. The van der Waals surface area contributed by atoms with E-state index in [1.807, 2.05) is 0 Å². The minimum atomic E-state index is -3.49. The predicted octanol–water partition coefficient (Wildman–Crippen LogP) is 3.07. The molecular weight excluding hydrogens is 344 g/mol. The van der Waals surface area contributed by atoms with Crippen molar-refractivity contribution in [2.75, 3.05) is 19.6 Å². The van der Waals surface area contributed by atoms with Gasteiger partial charge in [0, 0.05) is 24.7 Å². The highest BCUT2D eigenvalue weighted by Gasteiger charge is 2.16. The molecule has 1 aliphatic heterocycles. The molecule has 1 N–H and O–H groups in total. The van der Waals surface area contributed by atoms with Crippen molar-refractivity contribution in [2.24, 2.45) is 0 Å². The number of rotatable bonds is 6. The molecule has 0 saturated heterocycles. The van der Waals surface area contributed by atoms with Crippen LogP contribution in [0.2, 0.25) is 5.02 Å². The first-order valence-corrected chi connectivity index (χ1v) is 9.95. The fraction of sp³-hybridized carbons (Fsp3) is 0.333. The van der Waals surface area contributed by atoms with Crippen LogP contribution >= 0.6 is 11.6 Å². The van der Waals surface area contributed by atoms with Crippen LogP contribution in [0.1, 0.15) is 17.5 Å². The molecule has 128 valence electrons. The Kier molecular flexibility index (Phi) is 5.56. The molecule has 0 spiro atoms. The van der Waals surface area contributed by atoms with E-state index in [0.717, 1.165) is 32.5 Å². The molecule has 0 saturated carbocycles. The van der Waals surface area contributed by atoms with E-state index in [1.165, 1.54) is 17.2 Å². The standard InChI is InChI=1S/C18H21ClN2O2S/c19-17-7-3-8-18(13-17)24(22,23)20-10-4-11-21-12-9-15-5-1-2-6-16(15)14-21/h1-3,5-8,13,20H,4,9-12,14H2. The molecule has 1 heterocycles. The van der Waals surface area contributed by atoms with E-state index in [1.54, 1.807) is 18.2 Å². The second-order valence-electron chi connectivity index (χ2n) is 6.00. The lowest BCUT2D eigenvalue weighted by Gasteiger charge is -2.28. The molecule has 0 amide bonds. The number of halogens is 1. The number of hydrogen-bond acceptors (Lipinski definition) is 3. The average Bonchev–Trinajstić information content (AvgIpc) is 2.59. The van der Waals surface area contributed by atoms with Gasteiger partial charge in [-0.3, -0.25) is 4.90 Å². The lowest BCUT2D eigenvalue weighted by molar-refractivity contribution is 0.251. The topological polar surface area (TPSA) is 49.4 Å². The molecule has 0 bridgehead atoms. The highest BCUT2D eigenvalue weighted by atomic mass is 35.5. The van der Waals surface area contributed by atoms with E-state index in [0.29, 0.717) is 11.6 Å². The van der Waals surface area contributed by atoms with Crippen molar-refractivity contribution in [3.05, 3.63) is 64.7 Å². The van der Waals surface area contributed by atoms with Gasteiger partial charge in [0.05, 0.1) is 4.90 Å².